The van der Waals surface area contributed by atoms with Gasteiger partial charge in [0.05, 0.1) is 0 Å². The molecule has 1 aromatic rings. The van der Waals surface area contributed by atoms with Gasteiger partial charge in [0.2, 0.25) is 0 Å². The van der Waals surface area contributed by atoms with Crippen LogP contribution >= 0.6 is 0 Å². The largest absolute Gasteiger partial charge is 0.619 e. The molecule has 1 atom stereocenters. The lowest BCUT2D eigenvalue weighted by Crippen LogP contribution is -2.23. The lowest BCUT2D eigenvalue weighted by Gasteiger charge is -2.01. The average molecular weight is 175 g/mol. The van der Waals surface area contributed by atoms with Crippen molar-refractivity contribution in [1.82, 2.24) is 0 Å². The molecule has 1 unspecified atom stereocenters. The van der Waals surface area contributed by atoms with Crippen LogP contribution in [0.2, 0.25) is 0 Å². The van der Waals surface area contributed by atoms with Crippen LogP contribution in [0, 0.1) is 10.6 Å². The van der Waals surface area contributed by atoms with Crippen LogP contribution < -0.4 is 4.73 Å². The highest BCUT2D eigenvalue weighted by Crippen LogP contribution is 2.62. The molecule has 2 rings (SSSR count). The van der Waals surface area contributed by atoms with E-state index in [0.29, 0.717) is 5.92 Å². The maximum atomic E-state index is 10.8. The monoisotopic (exact) mass is 175 g/mol. The first-order valence-electron chi connectivity index (χ1n) is 4.41. The summed E-state index contributed by atoms with van der Waals surface area (Å²) in [7, 11) is 0. The molecule has 0 amide bonds. The van der Waals surface area contributed by atoms with Gasteiger partial charge in [0.15, 0.2) is 12.4 Å². The molecule has 2 nitrogen and oxygen atoms in total. The summed E-state index contributed by atoms with van der Waals surface area (Å²) in [5.74, 6) is 0.439. The Balaban J connectivity index is 2.30. The van der Waals surface area contributed by atoms with Crippen LogP contribution in [0.25, 0.3) is 0 Å². The fraction of sp³-hybridized carbons (Fsp3) is 0.364. The molecule has 1 fully saturated rings. The molecule has 1 aromatic heterocycles. The molecule has 13 heavy (non-hydrogen) atoms. The second-order valence-corrected chi connectivity index (χ2v) is 4.17. The Hall–Kier alpha value is -1.31. The van der Waals surface area contributed by atoms with Gasteiger partial charge < -0.3 is 5.21 Å². The number of hydrogen-bond acceptors (Lipinski definition) is 1. The van der Waals surface area contributed by atoms with Crippen molar-refractivity contribution in [3.8, 4) is 0 Å². The van der Waals surface area contributed by atoms with Gasteiger partial charge in [-0.1, -0.05) is 26.0 Å². The normalized spacial score (nSPS) is 24.5. The van der Waals surface area contributed by atoms with E-state index in [1.54, 1.807) is 0 Å². The van der Waals surface area contributed by atoms with Gasteiger partial charge in [0, 0.05) is 18.1 Å². The Morgan fingerprint density at radius 3 is 2.23 bits per heavy atom. The first-order valence-corrected chi connectivity index (χ1v) is 4.41. The van der Waals surface area contributed by atoms with Crippen molar-refractivity contribution in [3.05, 3.63) is 47.4 Å². The van der Waals surface area contributed by atoms with Crippen molar-refractivity contribution in [3.63, 3.8) is 0 Å². The molecule has 0 spiro atoms. The molecule has 0 radical (unpaired) electrons. The van der Waals surface area contributed by atoms with Gasteiger partial charge in [-0.05, 0) is 11.0 Å². The second-order valence-electron chi connectivity index (χ2n) is 4.17. The van der Waals surface area contributed by atoms with Crippen LogP contribution in [-0.2, 0) is 0 Å². The van der Waals surface area contributed by atoms with Crippen LogP contribution in [0.5, 0.6) is 0 Å². The van der Waals surface area contributed by atoms with Gasteiger partial charge in [0.25, 0.3) is 0 Å². The lowest BCUT2D eigenvalue weighted by molar-refractivity contribution is -0.605. The quantitative estimate of drug-likeness (QED) is 0.364. The highest BCUT2D eigenvalue weighted by molar-refractivity contribution is 5.46. The van der Waals surface area contributed by atoms with E-state index in [9.17, 15) is 5.21 Å². The molecule has 0 aromatic carbocycles. The summed E-state index contributed by atoms with van der Waals surface area (Å²) < 4.78 is 0.807. The van der Waals surface area contributed by atoms with Crippen LogP contribution in [-0.4, -0.2) is 0 Å². The van der Waals surface area contributed by atoms with Crippen molar-refractivity contribution in [1.29, 1.82) is 0 Å². The van der Waals surface area contributed by atoms with Crippen LogP contribution in [0.3, 0.4) is 0 Å². The van der Waals surface area contributed by atoms with Crippen molar-refractivity contribution in [2.45, 2.75) is 19.8 Å². The third-order valence-corrected chi connectivity index (χ3v) is 2.98. The predicted molar refractivity (Wildman–Crippen MR) is 51.1 cm³/mol. The van der Waals surface area contributed by atoms with Crippen LogP contribution in [0.4, 0.5) is 0 Å². The Bertz CT molecular complexity index is 351. The fourth-order valence-corrected chi connectivity index (χ4v) is 1.87. The fourth-order valence-electron chi connectivity index (χ4n) is 1.87. The summed E-state index contributed by atoms with van der Waals surface area (Å²) in [4.78, 5) is 0. The molecule has 0 N–H and O–H groups in total. The third kappa shape index (κ3) is 1.13. The molecule has 0 aliphatic heterocycles. The van der Waals surface area contributed by atoms with Gasteiger partial charge in [0.1, 0.15) is 0 Å². The number of rotatable bonds is 1. The Morgan fingerprint density at radius 1 is 1.38 bits per heavy atom. The molecule has 1 heterocycles. The van der Waals surface area contributed by atoms with Crippen molar-refractivity contribution in [2.75, 3.05) is 0 Å². The summed E-state index contributed by atoms with van der Waals surface area (Å²) in [6.45, 7) is 8.37. The highest BCUT2D eigenvalue weighted by Gasteiger charge is 2.51. The molecular formula is C11H13NO. The van der Waals surface area contributed by atoms with Gasteiger partial charge in [-0.2, -0.15) is 4.73 Å². The van der Waals surface area contributed by atoms with E-state index in [-0.39, 0.29) is 5.41 Å². The Morgan fingerprint density at radius 2 is 1.85 bits per heavy atom. The first-order chi connectivity index (χ1) is 6.03. The second kappa shape index (κ2) is 2.34. The molecule has 1 saturated carbocycles. The van der Waals surface area contributed by atoms with Crippen molar-refractivity contribution >= 4 is 0 Å². The lowest BCUT2D eigenvalue weighted by atomic mass is 10.0. The number of hydrogen-bond donors (Lipinski definition) is 0. The van der Waals surface area contributed by atoms with E-state index in [4.69, 9.17) is 0 Å². The summed E-state index contributed by atoms with van der Waals surface area (Å²) in [5.41, 5.74) is 2.67. The van der Waals surface area contributed by atoms with E-state index in [0.717, 1.165) is 4.73 Å². The van der Waals surface area contributed by atoms with Crippen LogP contribution in [0.1, 0.15) is 25.3 Å². The number of aromatic nitrogens is 1. The molecule has 68 valence electrons. The summed E-state index contributed by atoms with van der Waals surface area (Å²) in [6.07, 6.45) is 3.08. The number of nitrogens with zero attached hydrogens (tertiary/aromatic N) is 1. The van der Waals surface area contributed by atoms with E-state index in [1.165, 1.54) is 23.5 Å². The molecule has 1 aliphatic carbocycles. The van der Waals surface area contributed by atoms with Gasteiger partial charge in [-0.25, -0.2) is 0 Å². The maximum absolute atomic E-state index is 10.8. The molecule has 0 bridgehead atoms. The zero-order valence-corrected chi connectivity index (χ0v) is 7.95. The van der Waals surface area contributed by atoms with Crippen molar-refractivity contribution < 1.29 is 4.73 Å². The van der Waals surface area contributed by atoms with Crippen molar-refractivity contribution in [2.24, 2.45) is 5.41 Å². The standard InChI is InChI=1S/C11H13NO/c1-8-10(11(8,2)3)9-4-6-12(13)7-5-9/h4-7,10H,1H2,2-3H3. The zero-order valence-electron chi connectivity index (χ0n) is 7.95. The van der Waals surface area contributed by atoms with Gasteiger partial charge in [-0.3, -0.25) is 0 Å². The summed E-state index contributed by atoms with van der Waals surface area (Å²) >= 11 is 0. The third-order valence-electron chi connectivity index (χ3n) is 2.98. The summed E-state index contributed by atoms with van der Waals surface area (Å²) in [5, 5.41) is 10.8. The zero-order chi connectivity index (χ0) is 9.64. The first kappa shape index (κ1) is 8.30. The Labute approximate surface area is 78.1 Å². The smallest absolute Gasteiger partial charge is 0.180 e. The maximum Gasteiger partial charge on any atom is 0.180 e. The van der Waals surface area contributed by atoms with E-state index >= 15 is 0 Å². The SMILES string of the molecule is C=C1C(c2cc[n+]([O-])cc2)C1(C)C. The minimum Gasteiger partial charge on any atom is -0.619 e. The van der Waals surface area contributed by atoms with E-state index < -0.39 is 0 Å². The van der Waals surface area contributed by atoms with Crippen LogP contribution in [0.15, 0.2) is 36.7 Å². The minimum absolute atomic E-state index is 0.217. The topological polar surface area (TPSA) is 26.9 Å². The highest BCUT2D eigenvalue weighted by atomic mass is 16.5. The molecular weight excluding hydrogens is 162 g/mol. The van der Waals surface area contributed by atoms with Gasteiger partial charge >= 0.3 is 0 Å². The summed E-state index contributed by atoms with van der Waals surface area (Å²) in [6, 6.07) is 3.75. The molecule has 0 saturated heterocycles. The van der Waals surface area contributed by atoms with E-state index in [1.807, 2.05) is 12.1 Å². The average Bonchev–Trinajstić information content (AvgIpc) is 2.55. The number of pyridine rings is 1. The predicted octanol–water partition coefficient (Wildman–Crippen LogP) is 2.00. The van der Waals surface area contributed by atoms with E-state index in [2.05, 4.69) is 20.4 Å². The molecule has 2 heteroatoms. The molecule has 1 aliphatic rings. The number of allylic oxidation sites excluding steroid dienone is 1. The Kier molecular flexibility index (Phi) is 1.50. The minimum atomic E-state index is 0.217. The van der Waals surface area contributed by atoms with Gasteiger partial charge in [-0.15, -0.1) is 0 Å².